The quantitative estimate of drug-likeness (QED) is 0.822. The molecule has 18 heavy (non-hydrogen) atoms. The maximum Gasteiger partial charge on any atom is 0.0103 e. The molecular formula is C17H27N. The van der Waals surface area contributed by atoms with Crippen molar-refractivity contribution >= 4 is 0 Å². The Morgan fingerprint density at radius 2 is 1.72 bits per heavy atom. The Labute approximate surface area is 112 Å². The second-order valence-electron chi connectivity index (χ2n) is 6.75. The summed E-state index contributed by atoms with van der Waals surface area (Å²) in [5.74, 6) is 0.875. The summed E-state index contributed by atoms with van der Waals surface area (Å²) in [5.41, 5.74) is 2.06. The van der Waals surface area contributed by atoms with E-state index in [0.717, 1.165) is 12.5 Å². The fourth-order valence-corrected chi connectivity index (χ4v) is 2.93. The monoisotopic (exact) mass is 245 g/mol. The highest BCUT2D eigenvalue weighted by Gasteiger charge is 2.45. The van der Waals surface area contributed by atoms with Gasteiger partial charge < -0.3 is 5.32 Å². The molecule has 1 unspecified atom stereocenters. The summed E-state index contributed by atoms with van der Waals surface area (Å²) >= 11 is 0. The van der Waals surface area contributed by atoms with Crippen LogP contribution in [0.2, 0.25) is 0 Å². The van der Waals surface area contributed by atoms with Crippen molar-refractivity contribution in [3.63, 3.8) is 0 Å². The maximum atomic E-state index is 3.73. The predicted molar refractivity (Wildman–Crippen MR) is 78.9 cm³/mol. The Balaban J connectivity index is 2.23. The minimum absolute atomic E-state index is 0.199. The van der Waals surface area contributed by atoms with E-state index in [-0.39, 0.29) is 5.54 Å². The van der Waals surface area contributed by atoms with E-state index < -0.39 is 0 Å². The number of hydrogen-bond acceptors (Lipinski definition) is 1. The van der Waals surface area contributed by atoms with Crippen LogP contribution in [0, 0.1) is 5.92 Å². The second kappa shape index (κ2) is 5.05. The predicted octanol–water partition coefficient (Wildman–Crippen LogP) is 4.13. The number of rotatable bonds is 5. The number of hydrogen-bond donors (Lipinski definition) is 1. The Morgan fingerprint density at radius 3 is 2.17 bits per heavy atom. The van der Waals surface area contributed by atoms with Crippen molar-refractivity contribution in [2.45, 2.75) is 57.9 Å². The second-order valence-corrected chi connectivity index (χ2v) is 6.75. The van der Waals surface area contributed by atoms with E-state index >= 15 is 0 Å². The van der Waals surface area contributed by atoms with Gasteiger partial charge in [0.25, 0.3) is 0 Å². The third-order valence-electron chi connectivity index (χ3n) is 4.27. The molecule has 1 saturated carbocycles. The van der Waals surface area contributed by atoms with Gasteiger partial charge in [-0.2, -0.15) is 0 Å². The largest absolute Gasteiger partial charge is 0.311 e. The average Bonchev–Trinajstić information content (AvgIpc) is 3.15. The molecule has 1 N–H and O–H groups in total. The Morgan fingerprint density at radius 1 is 1.11 bits per heavy atom. The standard InChI is InChI=1S/C17H27N/c1-5-17(15-11-12-15,13-18-16(2,3)4)14-9-7-6-8-10-14/h6-10,15,18H,5,11-13H2,1-4H3. The summed E-state index contributed by atoms with van der Waals surface area (Å²) < 4.78 is 0. The highest BCUT2D eigenvalue weighted by molar-refractivity contribution is 5.29. The van der Waals surface area contributed by atoms with Gasteiger partial charge in [-0.05, 0) is 51.5 Å². The highest BCUT2D eigenvalue weighted by Crippen LogP contribution is 2.49. The molecule has 1 fully saturated rings. The molecule has 0 aromatic heterocycles. The summed E-state index contributed by atoms with van der Waals surface area (Å²) in [6.07, 6.45) is 4.02. The topological polar surface area (TPSA) is 12.0 Å². The van der Waals surface area contributed by atoms with E-state index in [1.165, 1.54) is 24.8 Å². The van der Waals surface area contributed by atoms with Gasteiger partial charge in [-0.3, -0.25) is 0 Å². The molecule has 1 aromatic carbocycles. The molecule has 0 saturated heterocycles. The molecule has 1 aliphatic rings. The summed E-state index contributed by atoms with van der Waals surface area (Å²) in [6, 6.07) is 11.1. The van der Waals surface area contributed by atoms with E-state index in [1.54, 1.807) is 0 Å². The average molecular weight is 245 g/mol. The number of nitrogens with one attached hydrogen (secondary N) is 1. The SMILES string of the molecule is CCC(CNC(C)(C)C)(c1ccccc1)C1CC1. The van der Waals surface area contributed by atoms with Crippen molar-refractivity contribution in [2.24, 2.45) is 5.92 Å². The molecular weight excluding hydrogens is 218 g/mol. The molecule has 0 radical (unpaired) electrons. The fourth-order valence-electron chi connectivity index (χ4n) is 2.93. The third kappa shape index (κ3) is 2.95. The molecule has 0 bridgehead atoms. The van der Waals surface area contributed by atoms with Crippen LogP contribution in [0.25, 0.3) is 0 Å². The first-order chi connectivity index (χ1) is 8.48. The minimum Gasteiger partial charge on any atom is -0.311 e. The van der Waals surface area contributed by atoms with Gasteiger partial charge in [0.2, 0.25) is 0 Å². The van der Waals surface area contributed by atoms with Gasteiger partial charge in [0.1, 0.15) is 0 Å². The molecule has 0 amide bonds. The lowest BCUT2D eigenvalue weighted by molar-refractivity contribution is 0.290. The van der Waals surface area contributed by atoms with Crippen molar-refractivity contribution < 1.29 is 0 Å². The zero-order valence-electron chi connectivity index (χ0n) is 12.3. The zero-order chi connectivity index (χ0) is 13.2. The Hall–Kier alpha value is -0.820. The summed E-state index contributed by atoms with van der Waals surface area (Å²) in [6.45, 7) is 10.2. The lowest BCUT2D eigenvalue weighted by Gasteiger charge is -2.37. The van der Waals surface area contributed by atoms with Crippen LogP contribution in [0.15, 0.2) is 30.3 Å². The molecule has 100 valence electrons. The van der Waals surface area contributed by atoms with E-state index in [9.17, 15) is 0 Å². The van der Waals surface area contributed by atoms with E-state index in [2.05, 4.69) is 63.3 Å². The van der Waals surface area contributed by atoms with Crippen molar-refractivity contribution in [3.8, 4) is 0 Å². The van der Waals surface area contributed by atoms with Crippen molar-refractivity contribution in [1.29, 1.82) is 0 Å². The Bertz CT molecular complexity index is 372. The maximum absolute atomic E-state index is 3.73. The lowest BCUT2D eigenvalue weighted by Crippen LogP contribution is -2.47. The van der Waals surface area contributed by atoms with Crippen LogP contribution in [-0.2, 0) is 5.41 Å². The molecule has 2 rings (SSSR count). The van der Waals surface area contributed by atoms with Gasteiger partial charge >= 0.3 is 0 Å². The van der Waals surface area contributed by atoms with Crippen LogP contribution < -0.4 is 5.32 Å². The zero-order valence-corrected chi connectivity index (χ0v) is 12.3. The fraction of sp³-hybridized carbons (Fsp3) is 0.647. The van der Waals surface area contributed by atoms with Crippen LogP contribution in [-0.4, -0.2) is 12.1 Å². The first-order valence-electron chi connectivity index (χ1n) is 7.28. The van der Waals surface area contributed by atoms with Crippen LogP contribution >= 0.6 is 0 Å². The minimum atomic E-state index is 0.199. The van der Waals surface area contributed by atoms with E-state index in [0.29, 0.717) is 5.41 Å². The molecule has 1 atom stereocenters. The van der Waals surface area contributed by atoms with Crippen molar-refractivity contribution in [2.75, 3.05) is 6.54 Å². The first-order valence-corrected chi connectivity index (χ1v) is 7.28. The first kappa shape index (κ1) is 13.6. The van der Waals surface area contributed by atoms with Gasteiger partial charge in [-0.15, -0.1) is 0 Å². The van der Waals surface area contributed by atoms with Gasteiger partial charge in [0.05, 0.1) is 0 Å². The van der Waals surface area contributed by atoms with Crippen LogP contribution in [0.4, 0.5) is 0 Å². The van der Waals surface area contributed by atoms with Crippen LogP contribution in [0.3, 0.4) is 0 Å². The van der Waals surface area contributed by atoms with Gasteiger partial charge in [-0.25, -0.2) is 0 Å². The summed E-state index contributed by atoms with van der Waals surface area (Å²) in [5, 5.41) is 3.73. The van der Waals surface area contributed by atoms with Crippen LogP contribution in [0.1, 0.15) is 52.5 Å². The third-order valence-corrected chi connectivity index (χ3v) is 4.27. The summed E-state index contributed by atoms with van der Waals surface area (Å²) in [4.78, 5) is 0. The molecule has 1 aliphatic carbocycles. The van der Waals surface area contributed by atoms with Gasteiger partial charge in [0.15, 0.2) is 0 Å². The lowest BCUT2D eigenvalue weighted by atomic mass is 9.73. The summed E-state index contributed by atoms with van der Waals surface area (Å²) in [7, 11) is 0. The van der Waals surface area contributed by atoms with Crippen LogP contribution in [0.5, 0.6) is 0 Å². The van der Waals surface area contributed by atoms with Gasteiger partial charge in [0, 0.05) is 17.5 Å². The molecule has 0 heterocycles. The molecule has 1 heteroatoms. The van der Waals surface area contributed by atoms with E-state index in [4.69, 9.17) is 0 Å². The van der Waals surface area contributed by atoms with Gasteiger partial charge in [-0.1, -0.05) is 37.3 Å². The highest BCUT2D eigenvalue weighted by atomic mass is 15.0. The molecule has 0 aliphatic heterocycles. The molecule has 1 aromatic rings. The van der Waals surface area contributed by atoms with Crippen molar-refractivity contribution in [3.05, 3.63) is 35.9 Å². The molecule has 1 nitrogen and oxygen atoms in total. The van der Waals surface area contributed by atoms with Crippen molar-refractivity contribution in [1.82, 2.24) is 5.32 Å². The normalized spacial score (nSPS) is 19.6. The van der Waals surface area contributed by atoms with E-state index in [1.807, 2.05) is 0 Å². The molecule has 0 spiro atoms. The Kier molecular flexibility index (Phi) is 3.82. The number of benzene rings is 1. The smallest absolute Gasteiger partial charge is 0.0103 e.